The van der Waals surface area contributed by atoms with Crippen LogP contribution >= 0.6 is 0 Å². The lowest BCUT2D eigenvalue weighted by Gasteiger charge is -2.53. The molecule has 176 valence electrons. The van der Waals surface area contributed by atoms with Crippen LogP contribution in [0.15, 0.2) is 34.9 Å². The first kappa shape index (κ1) is 19.5. The lowest BCUT2D eigenvalue weighted by atomic mass is 9.56. The highest BCUT2D eigenvalue weighted by molar-refractivity contribution is 5.97. The lowest BCUT2D eigenvalue weighted by Crippen LogP contribution is -2.68. The van der Waals surface area contributed by atoms with E-state index in [9.17, 15) is 14.7 Å². The minimum absolute atomic E-state index is 0.0677. The molecule has 8 heteroatoms. The molecule has 8 rings (SSSR count). The van der Waals surface area contributed by atoms with E-state index in [1.807, 2.05) is 6.07 Å². The van der Waals surface area contributed by atoms with Gasteiger partial charge in [-0.2, -0.15) is 0 Å². The molecule has 3 saturated carbocycles. The van der Waals surface area contributed by atoms with E-state index in [2.05, 4.69) is 10.2 Å². The van der Waals surface area contributed by atoms with Crippen molar-refractivity contribution < 1.29 is 23.8 Å². The second-order valence-corrected chi connectivity index (χ2v) is 11.3. The Labute approximate surface area is 196 Å². The minimum atomic E-state index is -0.967. The highest BCUT2D eigenvalue weighted by Crippen LogP contribution is 2.76. The van der Waals surface area contributed by atoms with Crippen LogP contribution in [0.1, 0.15) is 64.1 Å². The summed E-state index contributed by atoms with van der Waals surface area (Å²) in [5.74, 6) is 0.672. The van der Waals surface area contributed by atoms with E-state index in [4.69, 9.17) is 14.9 Å². The van der Waals surface area contributed by atoms with E-state index in [0.717, 1.165) is 36.4 Å². The maximum atomic E-state index is 12.9. The molecule has 7 atom stereocenters. The molecule has 6 aliphatic rings. The molecule has 4 unspecified atom stereocenters. The number of ether oxygens (including phenoxy) is 1. The molecule has 1 saturated heterocycles. The zero-order valence-electron chi connectivity index (χ0n) is 18.8. The Morgan fingerprint density at radius 3 is 2.82 bits per heavy atom. The van der Waals surface area contributed by atoms with Gasteiger partial charge in [0.25, 0.3) is 11.8 Å². The Morgan fingerprint density at radius 1 is 1.24 bits per heavy atom. The molecule has 8 nitrogen and oxygen atoms in total. The van der Waals surface area contributed by atoms with E-state index in [1.165, 1.54) is 19.1 Å². The van der Waals surface area contributed by atoms with Crippen molar-refractivity contribution in [2.45, 2.75) is 73.3 Å². The van der Waals surface area contributed by atoms with E-state index < -0.39 is 23.0 Å². The summed E-state index contributed by atoms with van der Waals surface area (Å²) in [5, 5.41) is 15.6. The number of nitrogens with one attached hydrogen (secondary N) is 1. The molecule has 34 heavy (non-hydrogen) atoms. The third kappa shape index (κ3) is 2.05. The molecule has 2 aromatic rings. The molecule has 1 aromatic carbocycles. The Morgan fingerprint density at radius 2 is 2.09 bits per heavy atom. The number of nitrogens with zero attached hydrogens (tertiary/aromatic N) is 1. The molecule has 4 fully saturated rings. The van der Waals surface area contributed by atoms with Crippen molar-refractivity contribution in [2.75, 3.05) is 6.54 Å². The molecular formula is C26H27N3O5. The largest absolute Gasteiger partial charge is 0.486 e. The van der Waals surface area contributed by atoms with Gasteiger partial charge in [-0.25, -0.2) is 0 Å². The third-order valence-corrected chi connectivity index (χ3v) is 9.73. The molecule has 2 aliphatic heterocycles. The van der Waals surface area contributed by atoms with Crippen molar-refractivity contribution in [2.24, 2.45) is 11.7 Å². The summed E-state index contributed by atoms with van der Waals surface area (Å²) in [7, 11) is 0. The van der Waals surface area contributed by atoms with Gasteiger partial charge in [0.05, 0.1) is 34.9 Å². The summed E-state index contributed by atoms with van der Waals surface area (Å²) < 4.78 is 11.9. The van der Waals surface area contributed by atoms with Gasteiger partial charge in [0.2, 0.25) is 0 Å². The molecule has 4 aliphatic carbocycles. The van der Waals surface area contributed by atoms with Crippen molar-refractivity contribution in [3.05, 3.63) is 53.0 Å². The van der Waals surface area contributed by atoms with Crippen LogP contribution in [-0.4, -0.2) is 57.7 Å². The summed E-state index contributed by atoms with van der Waals surface area (Å²) in [5.41, 5.74) is 6.49. The standard InChI is InChI=1S/C26H27N3O5/c27-21(30)15-6-5-14-10-24-12-25-18(14)19(15)34-20(25)16(28-22(31)17-2-1-9-33-17)7-8-26(25,32)23(24)29(24)11-13-3-4-13/h1-2,5-6,9,13,16,20,23,32H,3-4,7-8,10-12H2,(H2,27,30)(H,28,31)/t16-,20+,23?,24?,25+,26?,29?/m1/s1. The number of carbonyl (C=O) groups excluding carboxylic acids is 2. The summed E-state index contributed by atoms with van der Waals surface area (Å²) in [6, 6.07) is 6.87. The Balaban J connectivity index is 1.26. The van der Waals surface area contributed by atoms with Crippen LogP contribution in [0.3, 0.4) is 0 Å². The summed E-state index contributed by atoms with van der Waals surface area (Å²) in [6.07, 6.45) is 6.37. The number of fused-ring (bicyclic) bond motifs is 1. The molecule has 3 heterocycles. The Kier molecular flexibility index (Phi) is 3.35. The van der Waals surface area contributed by atoms with Gasteiger partial charge in [-0.1, -0.05) is 6.07 Å². The number of nitrogens with two attached hydrogens (primary N) is 1. The topological polar surface area (TPSA) is 118 Å². The van der Waals surface area contributed by atoms with Crippen LogP contribution in [-0.2, 0) is 11.8 Å². The maximum absolute atomic E-state index is 12.9. The molecule has 2 amide bonds. The number of amides is 2. The fourth-order valence-electron chi connectivity index (χ4n) is 8.38. The average Bonchev–Trinajstić information content (AvgIpc) is 3.53. The Bertz CT molecular complexity index is 1270. The van der Waals surface area contributed by atoms with Gasteiger partial charge < -0.3 is 25.3 Å². The zero-order valence-corrected chi connectivity index (χ0v) is 18.8. The number of benzene rings is 1. The van der Waals surface area contributed by atoms with Crippen LogP contribution in [0, 0.1) is 5.92 Å². The number of primary amides is 1. The fraction of sp³-hybridized carbons (Fsp3) is 0.538. The van der Waals surface area contributed by atoms with Crippen molar-refractivity contribution in [3.63, 3.8) is 0 Å². The quantitative estimate of drug-likeness (QED) is 0.581. The number of piperidine rings is 1. The first-order valence-electron chi connectivity index (χ1n) is 12.4. The van der Waals surface area contributed by atoms with Crippen molar-refractivity contribution >= 4 is 11.8 Å². The second-order valence-electron chi connectivity index (χ2n) is 11.3. The monoisotopic (exact) mass is 461 g/mol. The van der Waals surface area contributed by atoms with Gasteiger partial charge in [0.15, 0.2) is 5.76 Å². The summed E-state index contributed by atoms with van der Waals surface area (Å²) in [4.78, 5) is 27.8. The first-order valence-corrected chi connectivity index (χ1v) is 12.4. The first-order chi connectivity index (χ1) is 16.4. The van der Waals surface area contributed by atoms with Gasteiger partial charge in [0.1, 0.15) is 11.9 Å². The SMILES string of the molecule is NC(=O)c1ccc2c3c1O[C@H]1[C@H](NC(=O)c4ccco4)CCC4(O)C5N(CC6CC6)C5(C2)C[C@]314. The molecule has 0 radical (unpaired) electrons. The van der Waals surface area contributed by atoms with E-state index >= 15 is 0 Å². The number of rotatable bonds is 5. The number of aliphatic hydroxyl groups is 1. The molecule has 4 N–H and O–H groups in total. The number of furan rings is 1. The minimum Gasteiger partial charge on any atom is -0.486 e. The second kappa shape index (κ2) is 5.86. The van der Waals surface area contributed by atoms with E-state index in [-0.39, 0.29) is 29.3 Å². The van der Waals surface area contributed by atoms with Crippen LogP contribution in [0.25, 0.3) is 0 Å². The van der Waals surface area contributed by atoms with Crippen molar-refractivity contribution in [1.82, 2.24) is 10.2 Å². The predicted octanol–water partition coefficient (Wildman–Crippen LogP) is 1.49. The van der Waals surface area contributed by atoms with Crippen LogP contribution in [0.5, 0.6) is 5.75 Å². The summed E-state index contributed by atoms with van der Waals surface area (Å²) in [6.45, 7) is 1.05. The van der Waals surface area contributed by atoms with Crippen molar-refractivity contribution in [3.8, 4) is 5.75 Å². The number of carbonyl (C=O) groups is 2. The van der Waals surface area contributed by atoms with E-state index in [1.54, 1.807) is 18.2 Å². The average molecular weight is 462 g/mol. The lowest BCUT2D eigenvalue weighted by molar-refractivity contribution is -0.116. The predicted molar refractivity (Wildman–Crippen MR) is 119 cm³/mol. The smallest absolute Gasteiger partial charge is 0.287 e. The van der Waals surface area contributed by atoms with Gasteiger partial charge in [-0.15, -0.1) is 0 Å². The maximum Gasteiger partial charge on any atom is 0.287 e. The highest BCUT2D eigenvalue weighted by atomic mass is 16.5. The molecule has 2 spiro atoms. The van der Waals surface area contributed by atoms with Gasteiger partial charge >= 0.3 is 0 Å². The third-order valence-electron chi connectivity index (χ3n) is 9.73. The van der Waals surface area contributed by atoms with Crippen LogP contribution < -0.4 is 15.8 Å². The van der Waals surface area contributed by atoms with Crippen LogP contribution in [0.4, 0.5) is 0 Å². The molecule has 2 bridgehead atoms. The fourth-order valence-corrected chi connectivity index (χ4v) is 8.38. The van der Waals surface area contributed by atoms with Crippen molar-refractivity contribution in [1.29, 1.82) is 0 Å². The molecule has 1 aromatic heterocycles. The zero-order chi connectivity index (χ0) is 23.0. The number of hydrogen-bond acceptors (Lipinski definition) is 6. The Hall–Kier alpha value is -2.84. The highest BCUT2D eigenvalue weighted by Gasteiger charge is 2.88. The normalized spacial score (nSPS) is 41.9. The van der Waals surface area contributed by atoms with E-state index in [0.29, 0.717) is 24.2 Å². The van der Waals surface area contributed by atoms with Crippen LogP contribution in [0.2, 0.25) is 0 Å². The molecular weight excluding hydrogens is 434 g/mol. The van der Waals surface area contributed by atoms with Gasteiger partial charge in [-0.3, -0.25) is 14.5 Å². The van der Waals surface area contributed by atoms with Gasteiger partial charge in [0, 0.05) is 17.6 Å². The number of likely N-dealkylation sites (tertiary alicyclic amines) is 1. The summed E-state index contributed by atoms with van der Waals surface area (Å²) >= 11 is 0. The van der Waals surface area contributed by atoms with Gasteiger partial charge in [-0.05, 0) is 68.2 Å². The number of hydrogen-bond donors (Lipinski definition) is 3.